The Morgan fingerprint density at radius 1 is 1.15 bits per heavy atom. The van der Waals surface area contributed by atoms with Crippen molar-refractivity contribution in [3.05, 3.63) is 65.7 Å². The van der Waals surface area contributed by atoms with Gasteiger partial charge in [-0.3, -0.25) is 4.79 Å². The molecule has 0 radical (unpaired) electrons. The van der Waals surface area contributed by atoms with Gasteiger partial charge >= 0.3 is 0 Å². The molecule has 1 heterocycles. The van der Waals surface area contributed by atoms with Crippen molar-refractivity contribution in [1.82, 2.24) is 10.6 Å². The lowest BCUT2D eigenvalue weighted by Gasteiger charge is -2.22. The van der Waals surface area contributed by atoms with Crippen LogP contribution >= 0.6 is 0 Å². The highest BCUT2D eigenvalue weighted by molar-refractivity contribution is 5.93. The zero-order chi connectivity index (χ0) is 18.9. The first kappa shape index (κ1) is 19.5. The lowest BCUT2D eigenvalue weighted by molar-refractivity contribution is -0.118. The standard InChI is InChI=1S/C22H29N3O2/c1-23-12-10-21(19-7-3-2-4-8-19)27-17-18-6-5-9-20(16-18)25-15-14-24-13-11-22(25)26/h2-9,16,21,23-24H,10-15,17H2,1H3. The fourth-order valence-electron chi connectivity index (χ4n) is 3.34. The molecule has 0 aliphatic carbocycles. The van der Waals surface area contributed by atoms with E-state index in [1.54, 1.807) is 0 Å². The third kappa shape index (κ3) is 5.63. The Balaban J connectivity index is 1.68. The number of nitrogens with one attached hydrogen (secondary N) is 2. The molecule has 1 saturated heterocycles. The maximum Gasteiger partial charge on any atom is 0.228 e. The number of benzene rings is 2. The lowest BCUT2D eigenvalue weighted by Crippen LogP contribution is -2.32. The number of rotatable bonds is 8. The van der Waals surface area contributed by atoms with Crippen molar-refractivity contribution >= 4 is 11.6 Å². The van der Waals surface area contributed by atoms with Gasteiger partial charge in [0.15, 0.2) is 0 Å². The van der Waals surface area contributed by atoms with Gasteiger partial charge in [-0.1, -0.05) is 42.5 Å². The SMILES string of the molecule is CNCCC(OCc1cccc(N2CCNCCC2=O)c1)c1ccccc1. The Morgan fingerprint density at radius 3 is 2.81 bits per heavy atom. The number of nitrogens with zero attached hydrogens (tertiary/aromatic N) is 1. The molecule has 3 rings (SSSR count). The van der Waals surface area contributed by atoms with Crippen molar-refractivity contribution in [3.8, 4) is 0 Å². The molecule has 2 aromatic carbocycles. The fourth-order valence-corrected chi connectivity index (χ4v) is 3.34. The monoisotopic (exact) mass is 367 g/mol. The van der Waals surface area contributed by atoms with E-state index < -0.39 is 0 Å². The van der Waals surface area contributed by atoms with Gasteiger partial charge in [-0.15, -0.1) is 0 Å². The minimum atomic E-state index is 0.0475. The van der Waals surface area contributed by atoms with Crippen molar-refractivity contribution in [1.29, 1.82) is 0 Å². The quantitative estimate of drug-likeness (QED) is 0.753. The molecule has 0 spiro atoms. The Bertz CT molecular complexity index is 721. The van der Waals surface area contributed by atoms with E-state index in [0.29, 0.717) is 19.6 Å². The largest absolute Gasteiger partial charge is 0.369 e. The summed E-state index contributed by atoms with van der Waals surface area (Å²) in [6.07, 6.45) is 1.50. The van der Waals surface area contributed by atoms with Crippen LogP contribution < -0.4 is 15.5 Å². The van der Waals surface area contributed by atoms with Gasteiger partial charge in [0.25, 0.3) is 0 Å². The van der Waals surface area contributed by atoms with Gasteiger partial charge in [0, 0.05) is 31.7 Å². The molecule has 1 fully saturated rings. The number of hydrogen-bond acceptors (Lipinski definition) is 4. The molecule has 5 nitrogen and oxygen atoms in total. The zero-order valence-corrected chi connectivity index (χ0v) is 16.0. The molecule has 0 aromatic heterocycles. The second-order valence-electron chi connectivity index (χ2n) is 6.82. The topological polar surface area (TPSA) is 53.6 Å². The van der Waals surface area contributed by atoms with Crippen LogP contribution in [0.2, 0.25) is 0 Å². The van der Waals surface area contributed by atoms with E-state index >= 15 is 0 Å². The summed E-state index contributed by atoms with van der Waals surface area (Å²) in [5.41, 5.74) is 3.23. The van der Waals surface area contributed by atoms with Crippen LogP contribution in [0, 0.1) is 0 Å². The molecule has 2 N–H and O–H groups in total. The van der Waals surface area contributed by atoms with Gasteiger partial charge in [0.05, 0.1) is 12.7 Å². The Morgan fingerprint density at radius 2 is 2.00 bits per heavy atom. The van der Waals surface area contributed by atoms with Crippen LogP contribution in [-0.4, -0.2) is 39.1 Å². The predicted octanol–water partition coefficient (Wildman–Crippen LogP) is 2.88. The Hall–Kier alpha value is -2.21. The van der Waals surface area contributed by atoms with E-state index in [4.69, 9.17) is 4.74 Å². The first-order valence-corrected chi connectivity index (χ1v) is 9.69. The molecular weight excluding hydrogens is 338 g/mol. The summed E-state index contributed by atoms with van der Waals surface area (Å²) in [5, 5.41) is 6.48. The highest BCUT2D eigenvalue weighted by Crippen LogP contribution is 2.24. The number of ether oxygens (including phenoxy) is 1. The lowest BCUT2D eigenvalue weighted by atomic mass is 10.1. The van der Waals surface area contributed by atoms with Crippen LogP contribution in [0.1, 0.15) is 30.1 Å². The van der Waals surface area contributed by atoms with Crippen molar-refractivity contribution in [3.63, 3.8) is 0 Å². The van der Waals surface area contributed by atoms with Gasteiger partial charge in [0.2, 0.25) is 5.91 Å². The molecule has 2 aromatic rings. The van der Waals surface area contributed by atoms with E-state index in [9.17, 15) is 4.79 Å². The minimum Gasteiger partial charge on any atom is -0.369 e. The molecule has 1 aliphatic rings. The van der Waals surface area contributed by atoms with Crippen LogP contribution in [0.3, 0.4) is 0 Å². The second kappa shape index (κ2) is 10.2. The molecule has 144 valence electrons. The fraction of sp³-hybridized carbons (Fsp3) is 0.409. The smallest absolute Gasteiger partial charge is 0.228 e. The summed E-state index contributed by atoms with van der Waals surface area (Å²) in [6, 6.07) is 18.5. The van der Waals surface area contributed by atoms with E-state index in [1.165, 1.54) is 5.56 Å². The van der Waals surface area contributed by atoms with E-state index in [0.717, 1.165) is 37.3 Å². The van der Waals surface area contributed by atoms with Crippen LogP contribution in [0.25, 0.3) is 0 Å². The van der Waals surface area contributed by atoms with Crippen LogP contribution in [0.15, 0.2) is 54.6 Å². The first-order valence-electron chi connectivity index (χ1n) is 9.69. The van der Waals surface area contributed by atoms with Gasteiger partial charge in [-0.25, -0.2) is 0 Å². The maximum absolute atomic E-state index is 12.3. The summed E-state index contributed by atoms with van der Waals surface area (Å²) in [5.74, 6) is 0.175. The van der Waals surface area contributed by atoms with Gasteiger partial charge in [-0.2, -0.15) is 0 Å². The molecule has 1 amide bonds. The number of amides is 1. The summed E-state index contributed by atoms with van der Waals surface area (Å²) in [4.78, 5) is 14.2. The van der Waals surface area contributed by atoms with Gasteiger partial charge < -0.3 is 20.3 Å². The van der Waals surface area contributed by atoms with Crippen molar-refractivity contribution in [2.24, 2.45) is 0 Å². The van der Waals surface area contributed by atoms with Crippen molar-refractivity contribution < 1.29 is 9.53 Å². The van der Waals surface area contributed by atoms with E-state index in [2.05, 4.69) is 34.9 Å². The van der Waals surface area contributed by atoms with Crippen molar-refractivity contribution in [2.45, 2.75) is 25.6 Å². The number of hydrogen-bond donors (Lipinski definition) is 2. The zero-order valence-electron chi connectivity index (χ0n) is 16.0. The molecule has 0 bridgehead atoms. The molecule has 27 heavy (non-hydrogen) atoms. The highest BCUT2D eigenvalue weighted by atomic mass is 16.5. The van der Waals surface area contributed by atoms with Crippen LogP contribution in [-0.2, 0) is 16.1 Å². The molecule has 1 aliphatic heterocycles. The van der Waals surface area contributed by atoms with Gasteiger partial charge in [-0.05, 0) is 43.3 Å². The normalized spacial score (nSPS) is 16.2. The average Bonchev–Trinajstić information content (AvgIpc) is 2.93. The maximum atomic E-state index is 12.3. The van der Waals surface area contributed by atoms with Crippen molar-refractivity contribution in [2.75, 3.05) is 38.1 Å². The number of carbonyl (C=O) groups excluding carboxylic acids is 1. The predicted molar refractivity (Wildman–Crippen MR) is 109 cm³/mol. The molecule has 1 unspecified atom stereocenters. The minimum absolute atomic E-state index is 0.0475. The van der Waals surface area contributed by atoms with Gasteiger partial charge in [0.1, 0.15) is 0 Å². The third-order valence-electron chi connectivity index (χ3n) is 4.83. The van der Waals surface area contributed by atoms with Crippen LogP contribution in [0.4, 0.5) is 5.69 Å². The molecule has 5 heteroatoms. The first-order chi connectivity index (χ1) is 13.3. The third-order valence-corrected chi connectivity index (χ3v) is 4.83. The molecule has 0 saturated carbocycles. The van der Waals surface area contributed by atoms with Crippen LogP contribution in [0.5, 0.6) is 0 Å². The summed E-state index contributed by atoms with van der Waals surface area (Å²) >= 11 is 0. The Labute approximate surface area is 161 Å². The summed E-state index contributed by atoms with van der Waals surface area (Å²) in [6.45, 7) is 3.71. The number of anilines is 1. The number of carbonyl (C=O) groups is 1. The van der Waals surface area contributed by atoms with E-state index in [1.807, 2.05) is 42.3 Å². The Kier molecular flexibility index (Phi) is 7.39. The van der Waals surface area contributed by atoms with E-state index in [-0.39, 0.29) is 12.0 Å². The highest BCUT2D eigenvalue weighted by Gasteiger charge is 2.18. The molecular formula is C22H29N3O2. The second-order valence-corrected chi connectivity index (χ2v) is 6.82. The average molecular weight is 367 g/mol. The summed E-state index contributed by atoms with van der Waals surface area (Å²) in [7, 11) is 1.96. The molecule has 1 atom stereocenters. The summed E-state index contributed by atoms with van der Waals surface area (Å²) < 4.78 is 6.25.